The summed E-state index contributed by atoms with van der Waals surface area (Å²) in [5, 5.41) is 41.1. The second kappa shape index (κ2) is 7.48. The van der Waals surface area contributed by atoms with Gasteiger partial charge in [0.1, 0.15) is 16.9 Å². The molecule has 1 aromatic carbocycles. The van der Waals surface area contributed by atoms with E-state index in [1.54, 1.807) is 19.9 Å². The molecule has 1 unspecified atom stereocenters. The first kappa shape index (κ1) is 21.8. The van der Waals surface area contributed by atoms with Crippen molar-refractivity contribution in [3.05, 3.63) is 34.9 Å². The summed E-state index contributed by atoms with van der Waals surface area (Å²) in [6, 6.07) is 2.14. The Balaban J connectivity index is 2.70. The lowest BCUT2D eigenvalue weighted by Gasteiger charge is -2.39. The fraction of sp³-hybridized carbons (Fsp3) is 0.476. The standard InChI is InChI=1S/C21H26O7/c1-11(2)5-8-15(25)21(16(26)10-20(3,4)28)9-14(24)17-12(22)6-7-13(23)18(17)19(21)27/h5-7,15,22-23,25,28H,8-10H2,1-4H3/t15-,21?/m1/s1. The van der Waals surface area contributed by atoms with Crippen LogP contribution in [0.2, 0.25) is 0 Å². The number of fused-ring (bicyclic) bond motifs is 1. The van der Waals surface area contributed by atoms with Crippen molar-refractivity contribution in [2.75, 3.05) is 0 Å². The summed E-state index contributed by atoms with van der Waals surface area (Å²) in [6.07, 6.45) is -1.08. The number of hydrogen-bond donors (Lipinski definition) is 4. The van der Waals surface area contributed by atoms with E-state index in [0.717, 1.165) is 17.7 Å². The number of aliphatic hydroxyl groups is 2. The lowest BCUT2D eigenvalue weighted by Crippen LogP contribution is -2.54. The Morgan fingerprint density at radius 2 is 1.71 bits per heavy atom. The molecule has 0 heterocycles. The van der Waals surface area contributed by atoms with Gasteiger partial charge in [0.2, 0.25) is 0 Å². The van der Waals surface area contributed by atoms with Gasteiger partial charge >= 0.3 is 0 Å². The van der Waals surface area contributed by atoms with Crippen LogP contribution in [-0.2, 0) is 4.79 Å². The number of hydrogen-bond acceptors (Lipinski definition) is 7. The van der Waals surface area contributed by atoms with Crippen LogP contribution in [0.5, 0.6) is 11.5 Å². The third-order valence-electron chi connectivity index (χ3n) is 4.92. The first-order chi connectivity index (χ1) is 12.8. The molecule has 0 fully saturated rings. The predicted molar refractivity (Wildman–Crippen MR) is 101 cm³/mol. The maximum Gasteiger partial charge on any atom is 0.184 e. The van der Waals surface area contributed by atoms with Crippen molar-refractivity contribution in [3.63, 3.8) is 0 Å². The van der Waals surface area contributed by atoms with Gasteiger partial charge in [0.15, 0.2) is 17.3 Å². The molecule has 4 N–H and O–H groups in total. The average Bonchev–Trinajstić information content (AvgIpc) is 2.56. The number of carbonyl (C=O) groups is 3. The fourth-order valence-electron chi connectivity index (χ4n) is 3.52. The van der Waals surface area contributed by atoms with E-state index in [2.05, 4.69) is 0 Å². The molecule has 0 radical (unpaired) electrons. The van der Waals surface area contributed by atoms with Crippen molar-refractivity contribution >= 4 is 17.3 Å². The van der Waals surface area contributed by atoms with E-state index in [4.69, 9.17) is 0 Å². The highest BCUT2D eigenvalue weighted by Gasteiger charge is 2.57. The monoisotopic (exact) mass is 390 g/mol. The molecule has 0 aliphatic heterocycles. The zero-order chi connectivity index (χ0) is 21.4. The largest absolute Gasteiger partial charge is 0.507 e. The van der Waals surface area contributed by atoms with Crippen LogP contribution >= 0.6 is 0 Å². The molecule has 1 aliphatic rings. The van der Waals surface area contributed by atoms with Crippen LogP contribution in [0.25, 0.3) is 0 Å². The molecule has 7 nitrogen and oxygen atoms in total. The molecule has 1 aliphatic carbocycles. The third kappa shape index (κ3) is 3.86. The number of phenolic OH excluding ortho intramolecular Hbond substituents is 2. The normalized spacial score (nSPS) is 20.5. The molecule has 0 aromatic heterocycles. The second-order valence-electron chi connectivity index (χ2n) is 8.20. The topological polar surface area (TPSA) is 132 Å². The molecule has 0 saturated heterocycles. The molecule has 2 rings (SSSR count). The van der Waals surface area contributed by atoms with E-state index in [9.17, 15) is 34.8 Å². The van der Waals surface area contributed by atoms with Crippen LogP contribution < -0.4 is 0 Å². The summed E-state index contributed by atoms with van der Waals surface area (Å²) >= 11 is 0. The fourth-order valence-corrected chi connectivity index (χ4v) is 3.52. The summed E-state index contributed by atoms with van der Waals surface area (Å²) in [4.78, 5) is 39.3. The highest BCUT2D eigenvalue weighted by Crippen LogP contribution is 2.46. The highest BCUT2D eigenvalue weighted by atomic mass is 16.3. The molecule has 0 bridgehead atoms. The van der Waals surface area contributed by atoms with Gasteiger partial charge in [0.25, 0.3) is 0 Å². The van der Waals surface area contributed by atoms with Crippen LogP contribution in [0.15, 0.2) is 23.8 Å². The van der Waals surface area contributed by atoms with Gasteiger partial charge in [-0.3, -0.25) is 14.4 Å². The maximum atomic E-state index is 13.4. The van der Waals surface area contributed by atoms with Crippen molar-refractivity contribution < 1.29 is 34.8 Å². The number of aliphatic hydroxyl groups excluding tert-OH is 1. The van der Waals surface area contributed by atoms with Gasteiger partial charge in [-0.1, -0.05) is 11.6 Å². The van der Waals surface area contributed by atoms with E-state index >= 15 is 0 Å². The van der Waals surface area contributed by atoms with Gasteiger partial charge in [0, 0.05) is 12.8 Å². The molecular formula is C21H26O7. The SMILES string of the molecule is CC(C)=CC[C@@H](O)C1(C(=O)CC(C)(C)O)CC(=O)c2c(O)ccc(O)c2C1=O. The number of ketones is 3. The minimum absolute atomic E-state index is 0.0616. The molecular weight excluding hydrogens is 364 g/mol. The summed E-state index contributed by atoms with van der Waals surface area (Å²) in [7, 11) is 0. The lowest BCUT2D eigenvalue weighted by atomic mass is 9.62. The Kier molecular flexibility index (Phi) is 5.82. The van der Waals surface area contributed by atoms with Crippen LogP contribution in [0.3, 0.4) is 0 Å². The summed E-state index contributed by atoms with van der Waals surface area (Å²) in [5.41, 5.74) is -3.60. The molecule has 7 heteroatoms. The van der Waals surface area contributed by atoms with Gasteiger partial charge < -0.3 is 20.4 Å². The van der Waals surface area contributed by atoms with Crippen LogP contribution in [0.1, 0.15) is 67.7 Å². The van der Waals surface area contributed by atoms with Gasteiger partial charge in [-0.25, -0.2) is 0 Å². The number of rotatable bonds is 6. The number of carbonyl (C=O) groups excluding carboxylic acids is 3. The minimum atomic E-state index is -2.15. The first-order valence-corrected chi connectivity index (χ1v) is 9.01. The molecule has 1 aromatic rings. The van der Waals surface area contributed by atoms with E-state index < -0.39 is 64.4 Å². The van der Waals surface area contributed by atoms with E-state index in [-0.39, 0.29) is 12.0 Å². The van der Waals surface area contributed by atoms with Crippen molar-refractivity contribution in [2.24, 2.45) is 5.41 Å². The van der Waals surface area contributed by atoms with Crippen LogP contribution in [0, 0.1) is 5.41 Å². The van der Waals surface area contributed by atoms with E-state index in [0.29, 0.717) is 0 Å². The van der Waals surface area contributed by atoms with Crippen molar-refractivity contribution in [3.8, 4) is 11.5 Å². The minimum Gasteiger partial charge on any atom is -0.507 e. The Bertz CT molecular complexity index is 856. The Morgan fingerprint density at radius 3 is 2.21 bits per heavy atom. The smallest absolute Gasteiger partial charge is 0.184 e. The van der Waals surface area contributed by atoms with Gasteiger partial charge in [0.05, 0.1) is 22.8 Å². The quantitative estimate of drug-likeness (QED) is 0.333. The summed E-state index contributed by atoms with van der Waals surface area (Å²) < 4.78 is 0. The molecule has 152 valence electrons. The Hall–Kier alpha value is -2.51. The third-order valence-corrected chi connectivity index (χ3v) is 4.92. The predicted octanol–water partition coefficient (Wildman–Crippen LogP) is 2.30. The van der Waals surface area contributed by atoms with Crippen LogP contribution in [-0.4, -0.2) is 49.5 Å². The maximum absolute atomic E-state index is 13.4. The van der Waals surface area contributed by atoms with Gasteiger partial charge in [-0.05, 0) is 46.2 Å². The number of Topliss-reactive ketones (excluding diaryl/α,β-unsaturated/α-hetero) is 3. The van der Waals surface area contributed by atoms with E-state index in [1.807, 2.05) is 0 Å². The average molecular weight is 390 g/mol. The molecule has 2 atom stereocenters. The molecule has 0 saturated carbocycles. The number of benzene rings is 1. The van der Waals surface area contributed by atoms with Gasteiger partial charge in [-0.15, -0.1) is 0 Å². The molecule has 28 heavy (non-hydrogen) atoms. The Morgan fingerprint density at radius 1 is 1.18 bits per heavy atom. The van der Waals surface area contributed by atoms with E-state index in [1.165, 1.54) is 13.8 Å². The molecule has 0 amide bonds. The van der Waals surface area contributed by atoms with Crippen molar-refractivity contribution in [1.29, 1.82) is 0 Å². The zero-order valence-corrected chi connectivity index (χ0v) is 16.4. The van der Waals surface area contributed by atoms with Gasteiger partial charge in [-0.2, -0.15) is 0 Å². The first-order valence-electron chi connectivity index (χ1n) is 9.01. The highest BCUT2D eigenvalue weighted by molar-refractivity contribution is 6.26. The Labute approximate surface area is 163 Å². The summed E-state index contributed by atoms with van der Waals surface area (Å²) in [5.74, 6) is -3.49. The van der Waals surface area contributed by atoms with Crippen molar-refractivity contribution in [1.82, 2.24) is 0 Å². The van der Waals surface area contributed by atoms with Crippen molar-refractivity contribution in [2.45, 2.75) is 58.7 Å². The number of phenols is 2. The molecule has 0 spiro atoms. The zero-order valence-electron chi connectivity index (χ0n) is 16.4. The number of allylic oxidation sites excluding steroid dienone is 1. The summed E-state index contributed by atoms with van der Waals surface area (Å²) in [6.45, 7) is 6.33. The lowest BCUT2D eigenvalue weighted by molar-refractivity contribution is -0.135. The van der Waals surface area contributed by atoms with Crippen LogP contribution in [0.4, 0.5) is 0 Å². The second-order valence-corrected chi connectivity index (χ2v) is 8.20. The number of aromatic hydroxyl groups is 2.